The van der Waals surface area contributed by atoms with Crippen molar-refractivity contribution in [1.82, 2.24) is 4.90 Å². The lowest BCUT2D eigenvalue weighted by atomic mass is 9.99. The third-order valence-corrected chi connectivity index (χ3v) is 5.90. The highest BCUT2D eigenvalue weighted by atomic mass is 16.6. The van der Waals surface area contributed by atoms with Gasteiger partial charge in [-0.15, -0.1) is 0 Å². The third-order valence-electron chi connectivity index (χ3n) is 5.90. The van der Waals surface area contributed by atoms with Crippen molar-refractivity contribution < 1.29 is 33.3 Å². The van der Waals surface area contributed by atoms with Crippen LogP contribution in [0.3, 0.4) is 0 Å². The average Bonchev–Trinajstić information content (AvgIpc) is 3.40. The van der Waals surface area contributed by atoms with Crippen LogP contribution < -0.4 is 14.2 Å². The molecule has 5 rings (SSSR count). The first-order chi connectivity index (χ1) is 16.5. The molecule has 3 aromatic rings. The van der Waals surface area contributed by atoms with Crippen LogP contribution in [-0.4, -0.2) is 42.0 Å². The summed E-state index contributed by atoms with van der Waals surface area (Å²) in [7, 11) is 1.57. The maximum Gasteiger partial charge on any atom is 0.296 e. The molecule has 2 aromatic carbocycles. The van der Waals surface area contributed by atoms with E-state index in [0.717, 1.165) is 5.56 Å². The van der Waals surface area contributed by atoms with Gasteiger partial charge in [0.1, 0.15) is 42.3 Å². The van der Waals surface area contributed by atoms with Crippen molar-refractivity contribution in [3.63, 3.8) is 0 Å². The van der Waals surface area contributed by atoms with E-state index in [2.05, 4.69) is 0 Å². The van der Waals surface area contributed by atoms with E-state index >= 15 is 0 Å². The van der Waals surface area contributed by atoms with Gasteiger partial charge >= 0.3 is 0 Å². The second-order valence-electron chi connectivity index (χ2n) is 8.08. The fraction of sp³-hybridized carbons (Fsp3) is 0.231. The molecule has 1 N–H and O–H groups in total. The number of aliphatic hydroxyl groups is 1. The topological polar surface area (TPSA) is 98.4 Å². The number of Topliss-reactive ketones (excluding diaryl/α,β-unsaturated/α-hetero) is 1. The number of hydrogen-bond donors (Lipinski definition) is 1. The van der Waals surface area contributed by atoms with E-state index in [1.165, 1.54) is 4.90 Å². The molecular formula is C26H23NO7. The normalized spacial score (nSPS) is 18.9. The van der Waals surface area contributed by atoms with Gasteiger partial charge in [0.15, 0.2) is 11.5 Å². The molecule has 8 nitrogen and oxygen atoms in total. The Morgan fingerprint density at radius 3 is 2.44 bits per heavy atom. The number of hydrogen-bond acceptors (Lipinski definition) is 7. The third kappa shape index (κ3) is 3.77. The second-order valence-corrected chi connectivity index (χ2v) is 8.08. The first kappa shape index (κ1) is 21.6. The van der Waals surface area contributed by atoms with E-state index in [4.69, 9.17) is 18.6 Å². The Balaban J connectivity index is 1.59. The second kappa shape index (κ2) is 8.62. The van der Waals surface area contributed by atoms with E-state index in [1.54, 1.807) is 56.5 Å². The van der Waals surface area contributed by atoms with Gasteiger partial charge in [-0.3, -0.25) is 9.59 Å². The number of fused-ring (bicyclic) bond motifs is 1. The van der Waals surface area contributed by atoms with Crippen LogP contribution in [0.25, 0.3) is 5.76 Å². The molecule has 174 valence electrons. The summed E-state index contributed by atoms with van der Waals surface area (Å²) in [5, 5.41) is 11.2. The molecule has 1 unspecified atom stereocenters. The highest BCUT2D eigenvalue weighted by Gasteiger charge is 2.47. The molecule has 1 amide bonds. The van der Waals surface area contributed by atoms with Gasteiger partial charge in [0.25, 0.3) is 11.7 Å². The zero-order chi connectivity index (χ0) is 23.8. The lowest BCUT2D eigenvalue weighted by Crippen LogP contribution is -2.29. The van der Waals surface area contributed by atoms with Crippen LogP contribution in [0.5, 0.6) is 17.2 Å². The first-order valence-corrected chi connectivity index (χ1v) is 10.8. The van der Waals surface area contributed by atoms with Gasteiger partial charge in [-0.1, -0.05) is 12.1 Å². The number of aryl methyl sites for hydroxylation is 1. The number of furan rings is 1. The van der Waals surface area contributed by atoms with E-state index in [-0.39, 0.29) is 17.9 Å². The maximum absolute atomic E-state index is 13.2. The number of benzene rings is 2. The fourth-order valence-corrected chi connectivity index (χ4v) is 4.21. The summed E-state index contributed by atoms with van der Waals surface area (Å²) >= 11 is 0. The van der Waals surface area contributed by atoms with Gasteiger partial charge in [0, 0.05) is 12.1 Å². The largest absolute Gasteiger partial charge is 0.507 e. The van der Waals surface area contributed by atoms with Gasteiger partial charge in [0.05, 0.1) is 12.7 Å². The van der Waals surface area contributed by atoms with Crippen LogP contribution in [-0.2, 0) is 16.1 Å². The Kier molecular flexibility index (Phi) is 5.49. The van der Waals surface area contributed by atoms with Gasteiger partial charge in [-0.05, 0) is 55.0 Å². The zero-order valence-electron chi connectivity index (χ0n) is 18.7. The van der Waals surface area contributed by atoms with Crippen LogP contribution >= 0.6 is 0 Å². The lowest BCUT2D eigenvalue weighted by molar-refractivity contribution is -0.140. The van der Waals surface area contributed by atoms with Gasteiger partial charge in [-0.25, -0.2) is 0 Å². The zero-order valence-corrected chi connectivity index (χ0v) is 18.7. The molecule has 0 saturated carbocycles. The van der Waals surface area contributed by atoms with E-state index in [9.17, 15) is 14.7 Å². The first-order valence-electron chi connectivity index (χ1n) is 10.8. The van der Waals surface area contributed by atoms with Crippen LogP contribution in [0.1, 0.15) is 28.7 Å². The highest BCUT2D eigenvalue weighted by molar-refractivity contribution is 6.46. The van der Waals surface area contributed by atoms with Gasteiger partial charge < -0.3 is 28.6 Å². The van der Waals surface area contributed by atoms with Crippen molar-refractivity contribution in [2.45, 2.75) is 19.5 Å². The smallest absolute Gasteiger partial charge is 0.296 e. The Morgan fingerprint density at radius 1 is 1.03 bits per heavy atom. The Hall–Kier alpha value is -4.20. The highest BCUT2D eigenvalue weighted by Crippen LogP contribution is 2.42. The van der Waals surface area contributed by atoms with E-state index < -0.39 is 17.7 Å². The summed E-state index contributed by atoms with van der Waals surface area (Å²) in [6, 6.07) is 14.7. The molecule has 0 spiro atoms. The summed E-state index contributed by atoms with van der Waals surface area (Å²) in [6.45, 7) is 2.75. The van der Waals surface area contributed by atoms with Crippen molar-refractivity contribution in [3.8, 4) is 17.2 Å². The van der Waals surface area contributed by atoms with Gasteiger partial charge in [-0.2, -0.15) is 0 Å². The average molecular weight is 461 g/mol. The molecule has 1 saturated heterocycles. The molecule has 1 aromatic heterocycles. The molecule has 34 heavy (non-hydrogen) atoms. The van der Waals surface area contributed by atoms with Gasteiger partial charge in [0.2, 0.25) is 0 Å². The molecule has 0 radical (unpaired) electrons. The van der Waals surface area contributed by atoms with Crippen LogP contribution in [0, 0.1) is 6.92 Å². The number of ether oxygens (including phenoxy) is 3. The number of likely N-dealkylation sites (tertiary alicyclic amines) is 1. The minimum Gasteiger partial charge on any atom is -0.507 e. The summed E-state index contributed by atoms with van der Waals surface area (Å²) < 4.78 is 22.2. The van der Waals surface area contributed by atoms with Crippen molar-refractivity contribution in [2.75, 3.05) is 20.3 Å². The van der Waals surface area contributed by atoms with Crippen LogP contribution in [0.4, 0.5) is 0 Å². The van der Waals surface area contributed by atoms with Crippen molar-refractivity contribution >= 4 is 17.4 Å². The number of aliphatic hydroxyl groups excluding tert-OH is 1. The maximum atomic E-state index is 13.2. The summed E-state index contributed by atoms with van der Waals surface area (Å²) in [5.41, 5.74) is 1.11. The molecule has 8 heteroatoms. The van der Waals surface area contributed by atoms with E-state index in [1.807, 2.05) is 12.1 Å². The molecule has 1 atom stereocenters. The number of methoxy groups -OCH3 is 1. The number of carbonyl (C=O) groups is 2. The molecular weight excluding hydrogens is 438 g/mol. The van der Waals surface area contributed by atoms with Crippen LogP contribution in [0.2, 0.25) is 0 Å². The summed E-state index contributed by atoms with van der Waals surface area (Å²) in [5.74, 6) is 0.936. The predicted molar refractivity (Wildman–Crippen MR) is 122 cm³/mol. The SMILES string of the molecule is COc1ccc(CN2C(=O)C(=O)/C(=C(\O)c3ccc4c(c3)OCCO4)C2c2ccc(C)o2)cc1. The number of amides is 1. The van der Waals surface area contributed by atoms with Crippen molar-refractivity contribution in [1.29, 1.82) is 0 Å². The molecule has 2 aliphatic rings. The quantitative estimate of drug-likeness (QED) is 0.349. The van der Waals surface area contributed by atoms with Crippen molar-refractivity contribution in [3.05, 3.63) is 82.8 Å². The number of carbonyl (C=O) groups excluding carboxylic acids is 2. The number of ketones is 1. The Morgan fingerprint density at radius 2 is 1.76 bits per heavy atom. The molecule has 2 aliphatic heterocycles. The minimum absolute atomic E-state index is 0.0375. The minimum atomic E-state index is -0.885. The monoisotopic (exact) mass is 461 g/mol. The fourth-order valence-electron chi connectivity index (χ4n) is 4.21. The molecule has 1 fully saturated rings. The van der Waals surface area contributed by atoms with E-state index in [0.29, 0.717) is 47.5 Å². The molecule has 0 bridgehead atoms. The Labute approximate surface area is 196 Å². The van der Waals surface area contributed by atoms with Crippen LogP contribution in [0.15, 0.2) is 64.6 Å². The summed E-state index contributed by atoms with van der Waals surface area (Å²) in [4.78, 5) is 27.7. The summed E-state index contributed by atoms with van der Waals surface area (Å²) in [6.07, 6.45) is 0. The Bertz CT molecular complexity index is 1290. The number of nitrogens with zero attached hydrogens (tertiary/aromatic N) is 1. The van der Waals surface area contributed by atoms with Crippen molar-refractivity contribution in [2.24, 2.45) is 0 Å². The molecule has 0 aliphatic carbocycles. The number of rotatable bonds is 5. The standard InChI is InChI=1S/C26H23NO7/c1-15-3-9-20(34-15)23-22(24(28)17-6-10-19-21(13-17)33-12-11-32-19)25(29)26(30)27(23)14-16-4-7-18(31-2)8-5-16/h3-10,13,23,28H,11-12,14H2,1-2H3/b24-22-. The predicted octanol–water partition coefficient (Wildman–Crippen LogP) is 3.99. The lowest BCUT2D eigenvalue weighted by Gasteiger charge is -2.24. The molecule has 3 heterocycles.